The van der Waals surface area contributed by atoms with E-state index in [4.69, 9.17) is 4.52 Å². The van der Waals surface area contributed by atoms with Gasteiger partial charge in [0.05, 0.1) is 6.61 Å². The summed E-state index contributed by atoms with van der Waals surface area (Å²) in [6.45, 7) is 2.82. The van der Waals surface area contributed by atoms with Crippen molar-refractivity contribution in [2.24, 2.45) is 5.92 Å². The zero-order valence-electron chi connectivity index (χ0n) is 9.96. The molecule has 2 nitrogen and oxygen atoms in total. The fourth-order valence-electron chi connectivity index (χ4n) is 2.20. The molecule has 1 aliphatic rings. The highest BCUT2D eigenvalue weighted by Crippen LogP contribution is 2.31. The highest BCUT2D eigenvalue weighted by Gasteiger charge is 2.14. The van der Waals surface area contributed by atoms with Crippen molar-refractivity contribution >= 4 is 8.03 Å². The van der Waals surface area contributed by atoms with Crippen molar-refractivity contribution in [3.05, 3.63) is 0 Å². The molecule has 0 aromatic rings. The molecule has 0 radical (unpaired) electrons. The molecule has 1 fully saturated rings. The van der Waals surface area contributed by atoms with Crippen molar-refractivity contribution in [3.8, 4) is 0 Å². The Labute approximate surface area is 94.7 Å². The molecule has 1 rings (SSSR count). The van der Waals surface area contributed by atoms with Crippen LogP contribution in [0.5, 0.6) is 0 Å². The molecule has 0 heterocycles. The van der Waals surface area contributed by atoms with Crippen LogP contribution in [0.3, 0.4) is 0 Å². The van der Waals surface area contributed by atoms with E-state index < -0.39 is 8.03 Å². The maximum atomic E-state index is 11.5. The fraction of sp³-hybridized carbons (Fsp3) is 1.00. The molecule has 0 spiro atoms. The first-order chi connectivity index (χ1) is 7.33. The van der Waals surface area contributed by atoms with Gasteiger partial charge in [0.2, 0.25) is 0 Å². The van der Waals surface area contributed by atoms with Crippen molar-refractivity contribution in [2.45, 2.75) is 58.3 Å². The molecule has 0 N–H and O–H groups in total. The van der Waals surface area contributed by atoms with Crippen LogP contribution in [0.1, 0.15) is 58.3 Å². The lowest BCUT2D eigenvalue weighted by atomic mass is 9.88. The minimum Gasteiger partial charge on any atom is -0.330 e. The second-order valence-corrected chi connectivity index (χ2v) is 6.15. The Morgan fingerprint density at radius 1 is 1.27 bits per heavy atom. The second kappa shape index (κ2) is 8.35. The third-order valence-corrected chi connectivity index (χ3v) is 4.47. The monoisotopic (exact) mass is 232 g/mol. The summed E-state index contributed by atoms with van der Waals surface area (Å²) in [6, 6.07) is 0. The Bertz CT molecular complexity index is 176. The summed E-state index contributed by atoms with van der Waals surface area (Å²) in [4.78, 5) is 0. The lowest BCUT2D eigenvalue weighted by Crippen LogP contribution is -2.07. The van der Waals surface area contributed by atoms with Crippen LogP contribution in [0.15, 0.2) is 0 Å². The number of unbranched alkanes of at least 4 members (excludes halogenated alkanes) is 1. The zero-order chi connectivity index (χ0) is 10.9. The minimum absolute atomic E-state index is 0.693. The van der Waals surface area contributed by atoms with Crippen LogP contribution in [-0.4, -0.2) is 12.8 Å². The van der Waals surface area contributed by atoms with E-state index in [1.807, 2.05) is 0 Å². The Balaban J connectivity index is 2.00. The molecule has 0 aromatic carbocycles. The summed E-state index contributed by atoms with van der Waals surface area (Å²) < 4.78 is 16.8. The van der Waals surface area contributed by atoms with Crippen LogP contribution < -0.4 is 0 Å². The summed E-state index contributed by atoms with van der Waals surface area (Å²) >= 11 is 0. The highest BCUT2D eigenvalue weighted by molar-refractivity contribution is 7.39. The summed E-state index contributed by atoms with van der Waals surface area (Å²) in [6.07, 6.45) is 11.0. The Morgan fingerprint density at radius 3 is 2.67 bits per heavy atom. The number of hydrogen-bond acceptors (Lipinski definition) is 2. The smallest absolute Gasteiger partial charge is 0.191 e. The fourth-order valence-corrected chi connectivity index (χ4v) is 3.36. The molecular weight excluding hydrogens is 207 g/mol. The number of hydrogen-bond donors (Lipinski definition) is 0. The molecule has 1 unspecified atom stereocenters. The summed E-state index contributed by atoms with van der Waals surface area (Å²) in [7, 11) is -1.71. The lowest BCUT2D eigenvalue weighted by Gasteiger charge is -2.20. The van der Waals surface area contributed by atoms with Gasteiger partial charge in [-0.1, -0.05) is 45.4 Å². The van der Waals surface area contributed by atoms with E-state index in [1.165, 1.54) is 32.1 Å². The molecule has 0 saturated heterocycles. The van der Waals surface area contributed by atoms with Gasteiger partial charge in [-0.05, 0) is 18.8 Å². The molecule has 0 aliphatic heterocycles. The van der Waals surface area contributed by atoms with E-state index >= 15 is 0 Å². The number of rotatable bonds is 7. The molecule has 90 valence electrons. The van der Waals surface area contributed by atoms with E-state index in [-0.39, 0.29) is 0 Å². The predicted molar refractivity (Wildman–Crippen MR) is 65.9 cm³/mol. The Hall–Kier alpha value is 0.190. The normalized spacial score (nSPS) is 20.3. The largest absolute Gasteiger partial charge is 0.330 e. The molecule has 0 amide bonds. The van der Waals surface area contributed by atoms with Crippen molar-refractivity contribution < 1.29 is 9.09 Å². The van der Waals surface area contributed by atoms with Gasteiger partial charge in [0, 0.05) is 6.16 Å². The topological polar surface area (TPSA) is 26.3 Å². The van der Waals surface area contributed by atoms with E-state index in [1.54, 1.807) is 0 Å². The third-order valence-electron chi connectivity index (χ3n) is 3.24. The molecule has 15 heavy (non-hydrogen) atoms. The van der Waals surface area contributed by atoms with Crippen molar-refractivity contribution in [2.75, 3.05) is 12.8 Å². The van der Waals surface area contributed by atoms with E-state index in [2.05, 4.69) is 6.92 Å². The molecular formula is C12H25O2P. The third kappa shape index (κ3) is 6.37. The molecule has 1 saturated carbocycles. The van der Waals surface area contributed by atoms with Gasteiger partial charge in [-0.3, -0.25) is 4.57 Å². The molecule has 0 aromatic heterocycles. The van der Waals surface area contributed by atoms with E-state index in [0.717, 1.165) is 31.3 Å². The maximum absolute atomic E-state index is 11.5. The van der Waals surface area contributed by atoms with Gasteiger partial charge >= 0.3 is 0 Å². The van der Waals surface area contributed by atoms with Crippen LogP contribution in [0, 0.1) is 5.92 Å². The van der Waals surface area contributed by atoms with Crippen LogP contribution in [0.2, 0.25) is 0 Å². The first kappa shape index (κ1) is 13.3. The molecule has 1 aliphatic carbocycles. The predicted octanol–water partition coefficient (Wildman–Crippen LogP) is 4.25. The van der Waals surface area contributed by atoms with Gasteiger partial charge in [0.25, 0.3) is 0 Å². The lowest BCUT2D eigenvalue weighted by molar-refractivity contribution is 0.311. The van der Waals surface area contributed by atoms with Crippen LogP contribution in [0.4, 0.5) is 0 Å². The summed E-state index contributed by atoms with van der Waals surface area (Å²) in [5, 5.41) is 0. The van der Waals surface area contributed by atoms with E-state index in [9.17, 15) is 4.57 Å². The first-order valence-corrected chi connectivity index (χ1v) is 8.01. The summed E-state index contributed by atoms with van der Waals surface area (Å²) in [5.74, 6) is 0.836. The first-order valence-electron chi connectivity index (χ1n) is 6.48. The Morgan fingerprint density at radius 2 is 2.00 bits per heavy atom. The van der Waals surface area contributed by atoms with Gasteiger partial charge in [0.15, 0.2) is 8.03 Å². The van der Waals surface area contributed by atoms with Gasteiger partial charge in [-0.15, -0.1) is 0 Å². The van der Waals surface area contributed by atoms with Crippen LogP contribution in [0.25, 0.3) is 0 Å². The van der Waals surface area contributed by atoms with Crippen LogP contribution >= 0.6 is 8.03 Å². The van der Waals surface area contributed by atoms with Crippen molar-refractivity contribution in [1.82, 2.24) is 0 Å². The Kier molecular flexibility index (Phi) is 7.38. The highest BCUT2D eigenvalue weighted by atomic mass is 31.1. The minimum atomic E-state index is -1.71. The van der Waals surface area contributed by atoms with Gasteiger partial charge in [-0.25, -0.2) is 0 Å². The average molecular weight is 232 g/mol. The quantitative estimate of drug-likeness (QED) is 0.484. The van der Waals surface area contributed by atoms with Crippen LogP contribution in [-0.2, 0) is 9.09 Å². The van der Waals surface area contributed by atoms with Gasteiger partial charge in [0.1, 0.15) is 0 Å². The average Bonchev–Trinajstić information content (AvgIpc) is 2.28. The molecule has 0 bridgehead atoms. The van der Waals surface area contributed by atoms with E-state index in [0.29, 0.717) is 6.61 Å². The standard InChI is InChI=1S/C12H25O2P/c1-2-3-10-14-15(13)11-9-12-7-5-4-6-8-12/h12,15H,2-11H2,1H3. The SMILES string of the molecule is CCCCO[PH](=O)CCC1CCCCC1. The maximum Gasteiger partial charge on any atom is 0.191 e. The zero-order valence-corrected chi connectivity index (χ0v) is 11.0. The summed E-state index contributed by atoms with van der Waals surface area (Å²) in [5.41, 5.74) is 0. The molecule has 1 atom stereocenters. The second-order valence-electron chi connectivity index (χ2n) is 4.62. The van der Waals surface area contributed by atoms with Gasteiger partial charge in [-0.2, -0.15) is 0 Å². The van der Waals surface area contributed by atoms with Crippen molar-refractivity contribution in [3.63, 3.8) is 0 Å². The van der Waals surface area contributed by atoms with Gasteiger partial charge < -0.3 is 4.52 Å². The van der Waals surface area contributed by atoms with Crippen molar-refractivity contribution in [1.29, 1.82) is 0 Å². The molecule has 3 heteroatoms.